The molecular formula is C22H25N7O3. The van der Waals surface area contributed by atoms with Crippen LogP contribution in [0, 0.1) is 13.8 Å². The molecule has 166 valence electrons. The molecule has 32 heavy (non-hydrogen) atoms. The summed E-state index contributed by atoms with van der Waals surface area (Å²) in [5, 5.41) is 5.99. The second-order valence-electron chi connectivity index (χ2n) is 7.54. The van der Waals surface area contributed by atoms with E-state index in [1.807, 2.05) is 25.1 Å². The first-order valence-corrected chi connectivity index (χ1v) is 10.3. The van der Waals surface area contributed by atoms with E-state index in [4.69, 9.17) is 4.74 Å². The summed E-state index contributed by atoms with van der Waals surface area (Å²) in [6.45, 7) is 6.54. The lowest BCUT2D eigenvalue weighted by molar-refractivity contribution is -0.116. The van der Waals surface area contributed by atoms with E-state index in [1.165, 1.54) is 17.0 Å². The number of carbonyl (C=O) groups excluding carboxylic acids is 1. The normalized spacial score (nSPS) is 13.6. The Hall–Kier alpha value is -3.79. The van der Waals surface area contributed by atoms with Crippen LogP contribution in [0.3, 0.4) is 0 Å². The third-order valence-corrected chi connectivity index (χ3v) is 4.93. The van der Waals surface area contributed by atoms with E-state index in [9.17, 15) is 9.59 Å². The fraction of sp³-hybridized carbons (Fsp3) is 0.318. The highest BCUT2D eigenvalue weighted by Crippen LogP contribution is 2.20. The molecule has 1 saturated heterocycles. The number of nitrogens with zero attached hydrogens (tertiary/aromatic N) is 5. The Morgan fingerprint density at radius 2 is 1.75 bits per heavy atom. The summed E-state index contributed by atoms with van der Waals surface area (Å²) in [7, 11) is 0. The highest BCUT2D eigenvalue weighted by atomic mass is 16.5. The number of carbonyl (C=O) groups is 1. The van der Waals surface area contributed by atoms with Gasteiger partial charge >= 0.3 is 0 Å². The van der Waals surface area contributed by atoms with E-state index in [0.29, 0.717) is 30.5 Å². The maximum atomic E-state index is 12.3. The van der Waals surface area contributed by atoms with Crippen LogP contribution in [0.4, 0.5) is 23.1 Å². The van der Waals surface area contributed by atoms with Crippen LogP contribution in [0.15, 0.2) is 47.5 Å². The minimum Gasteiger partial charge on any atom is -0.378 e. The molecule has 1 aromatic carbocycles. The van der Waals surface area contributed by atoms with Gasteiger partial charge in [0.05, 0.1) is 19.5 Å². The topological polar surface area (TPSA) is 114 Å². The first-order chi connectivity index (χ1) is 15.5. The average Bonchev–Trinajstić information content (AvgIpc) is 2.77. The van der Waals surface area contributed by atoms with Gasteiger partial charge < -0.3 is 20.3 Å². The maximum Gasteiger partial charge on any atom is 0.253 e. The molecule has 0 unspecified atom stereocenters. The fourth-order valence-electron chi connectivity index (χ4n) is 3.32. The molecular weight excluding hydrogens is 410 g/mol. The summed E-state index contributed by atoms with van der Waals surface area (Å²) in [4.78, 5) is 39.5. The van der Waals surface area contributed by atoms with Crippen LogP contribution >= 0.6 is 0 Å². The molecule has 10 heteroatoms. The van der Waals surface area contributed by atoms with Gasteiger partial charge in [-0.25, -0.2) is 9.97 Å². The predicted molar refractivity (Wildman–Crippen MR) is 121 cm³/mol. The minimum atomic E-state index is -0.310. The second kappa shape index (κ2) is 9.56. The number of aryl methyl sites for hydroxylation is 2. The lowest BCUT2D eigenvalue weighted by Crippen LogP contribution is -2.36. The van der Waals surface area contributed by atoms with Gasteiger partial charge in [-0.3, -0.25) is 14.2 Å². The zero-order valence-corrected chi connectivity index (χ0v) is 18.0. The third kappa shape index (κ3) is 5.46. The van der Waals surface area contributed by atoms with Gasteiger partial charge in [-0.05, 0) is 38.1 Å². The van der Waals surface area contributed by atoms with E-state index in [0.717, 1.165) is 30.3 Å². The summed E-state index contributed by atoms with van der Waals surface area (Å²) in [5.41, 5.74) is 2.63. The van der Waals surface area contributed by atoms with Gasteiger partial charge in [0.1, 0.15) is 12.4 Å². The lowest BCUT2D eigenvalue weighted by atomic mass is 10.2. The van der Waals surface area contributed by atoms with Gasteiger partial charge in [0, 0.05) is 48.0 Å². The van der Waals surface area contributed by atoms with E-state index in [2.05, 4.69) is 30.5 Å². The number of morpholine rings is 1. The molecule has 0 aliphatic carbocycles. The van der Waals surface area contributed by atoms with Crippen LogP contribution in [0.1, 0.15) is 11.4 Å². The van der Waals surface area contributed by atoms with Crippen molar-refractivity contribution in [2.75, 3.05) is 41.8 Å². The largest absolute Gasteiger partial charge is 0.378 e. The zero-order chi connectivity index (χ0) is 22.5. The molecule has 2 aromatic heterocycles. The molecule has 0 saturated carbocycles. The van der Waals surface area contributed by atoms with Crippen molar-refractivity contribution in [3.63, 3.8) is 0 Å². The molecule has 0 atom stereocenters. The zero-order valence-electron chi connectivity index (χ0n) is 18.0. The number of aromatic nitrogens is 4. The Morgan fingerprint density at radius 3 is 2.47 bits per heavy atom. The van der Waals surface area contributed by atoms with Crippen LogP contribution in [0.2, 0.25) is 0 Å². The Labute approximate surface area is 185 Å². The van der Waals surface area contributed by atoms with Gasteiger partial charge in [-0.1, -0.05) is 0 Å². The number of ether oxygens (including phenoxy) is 1. The standard InChI is InChI=1S/C22H25N7O3/c1-15-12-21(31)29(14-23-15)13-20(30)25-17-3-5-18(6-4-17)26-22-24-16(2)11-19(27-22)28-7-9-32-10-8-28/h3-6,11-12,14H,7-10,13H2,1-2H3,(H,25,30)(H,24,26,27). The lowest BCUT2D eigenvalue weighted by Gasteiger charge is -2.28. The van der Waals surface area contributed by atoms with Crippen molar-refractivity contribution < 1.29 is 9.53 Å². The summed E-state index contributed by atoms with van der Waals surface area (Å²) >= 11 is 0. The van der Waals surface area contributed by atoms with Crippen LogP contribution < -0.4 is 21.1 Å². The average molecular weight is 435 g/mol. The number of anilines is 4. The molecule has 1 amide bonds. The summed E-state index contributed by atoms with van der Waals surface area (Å²) < 4.78 is 6.67. The molecule has 0 spiro atoms. The van der Waals surface area contributed by atoms with Crippen LogP contribution in [-0.2, 0) is 16.1 Å². The Bertz CT molecular complexity index is 1150. The maximum absolute atomic E-state index is 12.3. The SMILES string of the molecule is Cc1cc(=O)n(CC(=O)Nc2ccc(Nc3nc(C)cc(N4CCOCC4)n3)cc2)cn1. The molecule has 10 nitrogen and oxygen atoms in total. The van der Waals surface area contributed by atoms with Crippen LogP contribution in [-0.4, -0.2) is 51.7 Å². The molecule has 3 aromatic rings. The van der Waals surface area contributed by atoms with Crippen LogP contribution in [0.5, 0.6) is 0 Å². The van der Waals surface area contributed by atoms with E-state index >= 15 is 0 Å². The van der Waals surface area contributed by atoms with Crippen LogP contribution in [0.25, 0.3) is 0 Å². The number of hydrogen-bond donors (Lipinski definition) is 2. The molecule has 1 fully saturated rings. The van der Waals surface area contributed by atoms with Crippen molar-refractivity contribution in [1.29, 1.82) is 0 Å². The minimum absolute atomic E-state index is 0.104. The molecule has 1 aliphatic rings. The Kier molecular flexibility index (Phi) is 6.41. The first-order valence-electron chi connectivity index (χ1n) is 10.3. The van der Waals surface area contributed by atoms with Crippen molar-refractivity contribution >= 4 is 29.0 Å². The van der Waals surface area contributed by atoms with Crippen molar-refractivity contribution in [2.45, 2.75) is 20.4 Å². The Balaban J connectivity index is 1.39. The van der Waals surface area contributed by atoms with Crippen molar-refractivity contribution in [3.05, 3.63) is 64.5 Å². The molecule has 1 aliphatic heterocycles. The molecule has 2 N–H and O–H groups in total. The van der Waals surface area contributed by atoms with E-state index in [-0.39, 0.29) is 18.0 Å². The van der Waals surface area contributed by atoms with Gasteiger partial charge in [0.2, 0.25) is 11.9 Å². The highest BCUT2D eigenvalue weighted by molar-refractivity contribution is 5.90. The van der Waals surface area contributed by atoms with Gasteiger partial charge in [0.15, 0.2) is 0 Å². The van der Waals surface area contributed by atoms with Crippen molar-refractivity contribution in [3.8, 4) is 0 Å². The predicted octanol–water partition coefficient (Wildman–Crippen LogP) is 1.87. The fourth-order valence-corrected chi connectivity index (χ4v) is 3.32. The van der Waals surface area contributed by atoms with Gasteiger partial charge in [-0.2, -0.15) is 4.98 Å². The molecule has 0 radical (unpaired) electrons. The Morgan fingerprint density at radius 1 is 1.03 bits per heavy atom. The van der Waals surface area contributed by atoms with Gasteiger partial charge in [-0.15, -0.1) is 0 Å². The highest BCUT2D eigenvalue weighted by Gasteiger charge is 2.14. The number of amides is 1. The van der Waals surface area contributed by atoms with Crippen molar-refractivity contribution in [1.82, 2.24) is 19.5 Å². The first kappa shape index (κ1) is 21.4. The molecule has 4 rings (SSSR count). The second-order valence-corrected chi connectivity index (χ2v) is 7.54. The summed E-state index contributed by atoms with van der Waals surface area (Å²) in [6, 6.07) is 10.6. The molecule has 3 heterocycles. The third-order valence-electron chi connectivity index (χ3n) is 4.93. The monoisotopic (exact) mass is 435 g/mol. The van der Waals surface area contributed by atoms with E-state index in [1.54, 1.807) is 19.1 Å². The quantitative estimate of drug-likeness (QED) is 0.603. The molecule has 0 bridgehead atoms. The smallest absolute Gasteiger partial charge is 0.253 e. The summed E-state index contributed by atoms with van der Waals surface area (Å²) in [5.74, 6) is 1.07. The van der Waals surface area contributed by atoms with E-state index < -0.39 is 0 Å². The van der Waals surface area contributed by atoms with Crippen molar-refractivity contribution in [2.24, 2.45) is 0 Å². The number of nitrogens with one attached hydrogen (secondary N) is 2. The number of hydrogen-bond acceptors (Lipinski definition) is 8. The number of rotatable bonds is 6. The summed E-state index contributed by atoms with van der Waals surface area (Å²) in [6.07, 6.45) is 1.37. The number of benzene rings is 1. The van der Waals surface area contributed by atoms with Gasteiger partial charge in [0.25, 0.3) is 5.56 Å².